The molecule has 0 saturated carbocycles. The van der Waals surface area contributed by atoms with E-state index in [-0.39, 0.29) is 12.8 Å². The Kier molecular flexibility index (Phi) is 9.03. The van der Waals surface area contributed by atoms with Crippen LogP contribution in [0.5, 0.6) is 0 Å². The quantitative estimate of drug-likeness (QED) is 0.423. The maximum Gasteiger partial charge on any atom is 0.329 e. The molecule has 3 rings (SSSR count). The zero-order valence-corrected chi connectivity index (χ0v) is 22.5. The van der Waals surface area contributed by atoms with Gasteiger partial charge in [0.1, 0.15) is 23.9 Å². The molecule has 0 spiro atoms. The lowest BCUT2D eigenvalue weighted by atomic mass is 9.89. The first-order chi connectivity index (χ1) is 16.9. The fourth-order valence-corrected chi connectivity index (χ4v) is 4.59. The van der Waals surface area contributed by atoms with Crippen LogP contribution in [-0.2, 0) is 28.6 Å². The minimum absolute atomic E-state index is 0.290. The molecule has 9 heteroatoms. The molecule has 0 aliphatic carbocycles. The highest BCUT2D eigenvalue weighted by Gasteiger charge is 2.49. The van der Waals surface area contributed by atoms with Gasteiger partial charge in [0.05, 0.1) is 19.6 Å². The van der Waals surface area contributed by atoms with Crippen molar-refractivity contribution in [3.8, 4) is 0 Å². The van der Waals surface area contributed by atoms with E-state index >= 15 is 0 Å². The van der Waals surface area contributed by atoms with Crippen molar-refractivity contribution >= 4 is 41.0 Å². The van der Waals surface area contributed by atoms with Gasteiger partial charge >= 0.3 is 11.9 Å². The molecule has 0 aromatic heterocycles. The van der Waals surface area contributed by atoms with E-state index in [1.807, 2.05) is 6.07 Å². The van der Waals surface area contributed by atoms with Crippen molar-refractivity contribution in [1.29, 1.82) is 0 Å². The summed E-state index contributed by atoms with van der Waals surface area (Å²) in [6, 6.07) is 12.4. The fourth-order valence-electron chi connectivity index (χ4n) is 4.26. The summed E-state index contributed by atoms with van der Waals surface area (Å²) in [5.41, 5.74) is 0.637. The van der Waals surface area contributed by atoms with Gasteiger partial charge in [-0.2, -0.15) is 0 Å². The number of rotatable bonds is 7. The van der Waals surface area contributed by atoms with Crippen LogP contribution in [0.25, 0.3) is 0 Å². The molecule has 2 aromatic carbocycles. The zero-order valence-electron chi connectivity index (χ0n) is 21.0. The number of hydrogen-bond acceptors (Lipinski definition) is 6. The molecule has 1 aliphatic heterocycles. The van der Waals surface area contributed by atoms with Crippen molar-refractivity contribution in [3.05, 3.63) is 69.7 Å². The van der Waals surface area contributed by atoms with Crippen molar-refractivity contribution < 1.29 is 28.6 Å². The highest BCUT2D eigenvalue weighted by Crippen LogP contribution is 2.45. The SMILES string of the molecule is CC[C@H](C(=O)OC(C)(C)C)N1C(=O)[C@@H](CC(=O)OC)O[C@H](c2cccc(Cl)c2)[C@H]1c1ccc(Cl)cc1. The van der Waals surface area contributed by atoms with Crippen LogP contribution in [0.3, 0.4) is 0 Å². The minimum Gasteiger partial charge on any atom is -0.469 e. The second kappa shape index (κ2) is 11.6. The summed E-state index contributed by atoms with van der Waals surface area (Å²) in [6.07, 6.45) is -1.92. The van der Waals surface area contributed by atoms with E-state index in [1.165, 1.54) is 12.0 Å². The van der Waals surface area contributed by atoms with Crippen LogP contribution in [0.2, 0.25) is 10.0 Å². The molecule has 1 fully saturated rings. The third kappa shape index (κ3) is 6.58. The summed E-state index contributed by atoms with van der Waals surface area (Å²) in [4.78, 5) is 40.9. The minimum atomic E-state index is -1.17. The van der Waals surface area contributed by atoms with E-state index in [4.69, 9.17) is 37.4 Å². The number of methoxy groups -OCH3 is 1. The monoisotopic (exact) mass is 535 g/mol. The average Bonchev–Trinajstić information content (AvgIpc) is 2.81. The molecule has 0 N–H and O–H groups in total. The molecule has 1 amide bonds. The van der Waals surface area contributed by atoms with Crippen molar-refractivity contribution in [2.24, 2.45) is 0 Å². The number of ether oxygens (including phenoxy) is 3. The van der Waals surface area contributed by atoms with Gasteiger partial charge in [-0.15, -0.1) is 0 Å². The molecule has 0 bridgehead atoms. The maximum absolute atomic E-state index is 13.9. The van der Waals surface area contributed by atoms with Crippen LogP contribution in [0.1, 0.15) is 63.8 Å². The van der Waals surface area contributed by atoms with Gasteiger partial charge in [-0.25, -0.2) is 4.79 Å². The topological polar surface area (TPSA) is 82.1 Å². The van der Waals surface area contributed by atoms with Crippen LogP contribution in [0.15, 0.2) is 48.5 Å². The molecule has 36 heavy (non-hydrogen) atoms. The number of amides is 1. The first-order valence-corrected chi connectivity index (χ1v) is 12.5. The Morgan fingerprint density at radius 1 is 1.06 bits per heavy atom. The smallest absolute Gasteiger partial charge is 0.329 e. The van der Waals surface area contributed by atoms with Crippen LogP contribution in [0.4, 0.5) is 0 Å². The predicted molar refractivity (Wildman–Crippen MR) is 137 cm³/mol. The average molecular weight is 536 g/mol. The van der Waals surface area contributed by atoms with Crippen molar-refractivity contribution in [1.82, 2.24) is 4.90 Å². The maximum atomic E-state index is 13.9. The van der Waals surface area contributed by atoms with Crippen molar-refractivity contribution in [2.75, 3.05) is 7.11 Å². The first-order valence-electron chi connectivity index (χ1n) is 11.7. The number of esters is 2. The second-order valence-corrected chi connectivity index (χ2v) is 10.5. The number of carbonyl (C=O) groups is 3. The van der Waals surface area contributed by atoms with Gasteiger partial charge < -0.3 is 19.1 Å². The van der Waals surface area contributed by atoms with Gasteiger partial charge in [0.25, 0.3) is 5.91 Å². The molecule has 1 heterocycles. The Morgan fingerprint density at radius 3 is 2.28 bits per heavy atom. The molecular formula is C27H31Cl2NO6. The Bertz CT molecular complexity index is 1100. The predicted octanol–water partition coefficient (Wildman–Crippen LogP) is 5.69. The normalized spacial score (nSPS) is 21.1. The van der Waals surface area contributed by atoms with Crippen LogP contribution >= 0.6 is 23.2 Å². The summed E-state index contributed by atoms with van der Waals surface area (Å²) in [7, 11) is 1.24. The van der Waals surface area contributed by atoms with Crippen LogP contribution in [0, 0.1) is 0 Å². The van der Waals surface area contributed by atoms with E-state index in [0.717, 1.165) is 0 Å². The molecule has 7 nitrogen and oxygen atoms in total. The number of benzene rings is 2. The lowest BCUT2D eigenvalue weighted by Gasteiger charge is -2.47. The van der Waals surface area contributed by atoms with Gasteiger partial charge in [0.2, 0.25) is 0 Å². The summed E-state index contributed by atoms with van der Waals surface area (Å²) in [6.45, 7) is 7.11. The second-order valence-electron chi connectivity index (χ2n) is 9.58. The number of hydrogen-bond donors (Lipinski definition) is 0. The molecular weight excluding hydrogens is 505 g/mol. The Balaban J connectivity index is 2.19. The third-order valence-electron chi connectivity index (χ3n) is 5.80. The van der Waals surface area contributed by atoms with E-state index in [1.54, 1.807) is 70.2 Å². The van der Waals surface area contributed by atoms with Gasteiger partial charge in [-0.05, 0) is 62.6 Å². The lowest BCUT2D eigenvalue weighted by molar-refractivity contribution is -0.191. The standard InChI is InChI=1S/C27H31Cl2NO6/c1-6-20(26(33)36-27(2,3)4)30-23(16-10-12-18(28)13-11-16)24(17-8-7-9-19(29)14-17)35-21(25(30)32)15-22(31)34-5/h7-14,20-21,23-24H,6,15H2,1-5H3/t20-,21-,23-,24-/m1/s1. The van der Waals surface area contributed by atoms with E-state index < -0.39 is 47.7 Å². The highest BCUT2D eigenvalue weighted by molar-refractivity contribution is 6.30. The van der Waals surface area contributed by atoms with Gasteiger partial charge in [0.15, 0.2) is 0 Å². The van der Waals surface area contributed by atoms with E-state index in [9.17, 15) is 14.4 Å². The van der Waals surface area contributed by atoms with Crippen LogP contribution < -0.4 is 0 Å². The largest absolute Gasteiger partial charge is 0.469 e. The molecule has 2 aromatic rings. The lowest BCUT2D eigenvalue weighted by Crippen LogP contribution is -2.57. The summed E-state index contributed by atoms with van der Waals surface area (Å²) in [5, 5.41) is 1.01. The van der Waals surface area contributed by atoms with Crippen molar-refractivity contribution in [2.45, 2.75) is 70.4 Å². The van der Waals surface area contributed by atoms with Gasteiger partial charge in [-0.1, -0.05) is 54.4 Å². The fraction of sp³-hybridized carbons (Fsp3) is 0.444. The Morgan fingerprint density at radius 2 is 1.72 bits per heavy atom. The van der Waals surface area contributed by atoms with Gasteiger partial charge in [0, 0.05) is 10.0 Å². The molecule has 1 aliphatic rings. The summed E-state index contributed by atoms with van der Waals surface area (Å²) >= 11 is 12.4. The molecule has 194 valence electrons. The van der Waals surface area contributed by atoms with E-state index in [0.29, 0.717) is 21.2 Å². The highest BCUT2D eigenvalue weighted by atomic mass is 35.5. The summed E-state index contributed by atoms with van der Waals surface area (Å²) < 4.78 is 16.8. The van der Waals surface area contributed by atoms with Gasteiger partial charge in [-0.3, -0.25) is 9.59 Å². The zero-order chi connectivity index (χ0) is 26.6. The molecule has 0 radical (unpaired) electrons. The molecule has 0 unspecified atom stereocenters. The summed E-state index contributed by atoms with van der Waals surface area (Å²) in [5.74, 6) is -1.65. The number of nitrogens with zero attached hydrogens (tertiary/aromatic N) is 1. The molecule has 4 atom stereocenters. The third-order valence-corrected chi connectivity index (χ3v) is 6.28. The molecule has 1 saturated heterocycles. The Hall–Kier alpha value is -2.61. The van der Waals surface area contributed by atoms with E-state index in [2.05, 4.69) is 0 Å². The van der Waals surface area contributed by atoms with Crippen LogP contribution in [-0.4, -0.2) is 47.6 Å². The number of halogens is 2. The Labute approximate surface area is 221 Å². The van der Waals surface area contributed by atoms with Crippen molar-refractivity contribution in [3.63, 3.8) is 0 Å². The first kappa shape index (κ1) is 28.0. The number of carbonyl (C=O) groups excluding carboxylic acids is 3. The number of morpholine rings is 1.